The van der Waals surface area contributed by atoms with Crippen molar-refractivity contribution in [1.82, 2.24) is 0 Å². The van der Waals surface area contributed by atoms with Gasteiger partial charge in [0.15, 0.2) is 6.10 Å². The number of methoxy groups -OCH3 is 2. The van der Waals surface area contributed by atoms with Crippen LogP contribution in [0.4, 0.5) is 0 Å². The first-order valence-electron chi connectivity index (χ1n) is 3.63. The molecule has 0 aliphatic carbocycles. The van der Waals surface area contributed by atoms with E-state index in [1.54, 1.807) is 0 Å². The molecule has 0 heterocycles. The number of hydrogen-bond donors (Lipinski definition) is 1. The van der Waals surface area contributed by atoms with E-state index in [0.717, 1.165) is 7.11 Å². The van der Waals surface area contributed by atoms with E-state index in [-0.39, 0.29) is 5.57 Å². The SMILES string of the molecule is COC(=O)C(OC)C(=C=O)CC(=O)O. The van der Waals surface area contributed by atoms with Gasteiger partial charge in [-0.15, -0.1) is 0 Å². The standard InChI is InChI=1S/C8H10O6/c1-13-7(8(12)14-2)5(4-9)3-6(10)11/h7H,3H2,1-2H3,(H,10,11). The summed E-state index contributed by atoms with van der Waals surface area (Å²) in [6, 6.07) is 0. The maximum Gasteiger partial charge on any atom is 0.340 e. The lowest BCUT2D eigenvalue weighted by molar-refractivity contribution is -0.150. The minimum Gasteiger partial charge on any atom is -0.481 e. The molecule has 6 nitrogen and oxygen atoms in total. The summed E-state index contributed by atoms with van der Waals surface area (Å²) in [7, 11) is 2.28. The van der Waals surface area contributed by atoms with Gasteiger partial charge in [0.1, 0.15) is 5.94 Å². The van der Waals surface area contributed by atoms with Crippen molar-refractivity contribution in [2.75, 3.05) is 14.2 Å². The van der Waals surface area contributed by atoms with E-state index in [9.17, 15) is 14.4 Å². The number of aliphatic carboxylic acids is 1. The highest BCUT2D eigenvalue weighted by atomic mass is 16.6. The van der Waals surface area contributed by atoms with Crippen LogP contribution in [0, 0.1) is 0 Å². The molecule has 0 saturated heterocycles. The second-order valence-electron chi connectivity index (χ2n) is 2.34. The highest BCUT2D eigenvalue weighted by Crippen LogP contribution is 2.09. The van der Waals surface area contributed by atoms with Gasteiger partial charge in [-0.1, -0.05) is 0 Å². The number of esters is 1. The van der Waals surface area contributed by atoms with E-state index in [0.29, 0.717) is 0 Å². The van der Waals surface area contributed by atoms with Gasteiger partial charge in [-0.05, 0) is 0 Å². The summed E-state index contributed by atoms with van der Waals surface area (Å²) < 4.78 is 8.93. The van der Waals surface area contributed by atoms with Crippen LogP contribution in [0.1, 0.15) is 6.42 Å². The fourth-order valence-corrected chi connectivity index (χ4v) is 0.833. The summed E-state index contributed by atoms with van der Waals surface area (Å²) in [5.74, 6) is -0.709. The smallest absolute Gasteiger partial charge is 0.340 e. The number of ether oxygens (including phenoxy) is 2. The largest absolute Gasteiger partial charge is 0.481 e. The van der Waals surface area contributed by atoms with Crippen molar-refractivity contribution in [2.24, 2.45) is 0 Å². The maximum atomic E-state index is 11.0. The Labute approximate surface area is 80.1 Å². The number of rotatable bonds is 5. The van der Waals surface area contributed by atoms with Gasteiger partial charge in [0.25, 0.3) is 0 Å². The lowest BCUT2D eigenvalue weighted by Gasteiger charge is -2.11. The van der Waals surface area contributed by atoms with Crippen molar-refractivity contribution in [2.45, 2.75) is 12.5 Å². The molecule has 0 amide bonds. The van der Waals surface area contributed by atoms with E-state index >= 15 is 0 Å². The summed E-state index contributed by atoms with van der Waals surface area (Å²) in [6.45, 7) is 0. The summed E-state index contributed by atoms with van der Waals surface area (Å²) in [5.41, 5.74) is -0.299. The molecule has 78 valence electrons. The van der Waals surface area contributed by atoms with Crippen LogP contribution >= 0.6 is 0 Å². The molecule has 0 bridgehead atoms. The van der Waals surface area contributed by atoms with Gasteiger partial charge in [-0.3, -0.25) is 4.79 Å². The van der Waals surface area contributed by atoms with Crippen molar-refractivity contribution in [1.29, 1.82) is 0 Å². The summed E-state index contributed by atoms with van der Waals surface area (Å²) >= 11 is 0. The van der Waals surface area contributed by atoms with Gasteiger partial charge in [0.05, 0.1) is 19.1 Å². The highest BCUT2D eigenvalue weighted by molar-refractivity contribution is 5.85. The van der Waals surface area contributed by atoms with Crippen molar-refractivity contribution < 1.29 is 29.0 Å². The van der Waals surface area contributed by atoms with Crippen LogP contribution in [0.2, 0.25) is 0 Å². The zero-order valence-electron chi connectivity index (χ0n) is 7.77. The van der Waals surface area contributed by atoms with Crippen molar-refractivity contribution in [3.05, 3.63) is 5.57 Å². The Morgan fingerprint density at radius 1 is 1.43 bits per heavy atom. The summed E-state index contributed by atoms with van der Waals surface area (Å²) in [6.07, 6.45) is -1.90. The van der Waals surface area contributed by atoms with Crippen molar-refractivity contribution >= 4 is 17.9 Å². The molecule has 0 aliphatic heterocycles. The van der Waals surface area contributed by atoms with E-state index < -0.39 is 24.5 Å². The van der Waals surface area contributed by atoms with Crippen LogP contribution in [0.25, 0.3) is 0 Å². The van der Waals surface area contributed by atoms with Crippen LogP contribution in [-0.4, -0.2) is 43.3 Å². The zero-order chi connectivity index (χ0) is 11.1. The van der Waals surface area contributed by atoms with Gasteiger partial charge < -0.3 is 14.6 Å². The summed E-state index contributed by atoms with van der Waals surface area (Å²) in [5, 5.41) is 8.41. The molecule has 0 spiro atoms. The topological polar surface area (TPSA) is 89.9 Å². The Bertz CT molecular complexity index is 276. The van der Waals surface area contributed by atoms with Crippen molar-refractivity contribution in [3.8, 4) is 0 Å². The third-order valence-corrected chi connectivity index (χ3v) is 1.44. The second-order valence-corrected chi connectivity index (χ2v) is 2.34. The van der Waals surface area contributed by atoms with Gasteiger partial charge in [0, 0.05) is 7.11 Å². The zero-order valence-corrected chi connectivity index (χ0v) is 7.77. The number of carboxylic acids is 1. The maximum absolute atomic E-state index is 11.0. The van der Waals surface area contributed by atoms with E-state index in [1.165, 1.54) is 13.1 Å². The molecule has 1 atom stereocenters. The fraction of sp³-hybridized carbons (Fsp3) is 0.500. The fourth-order valence-electron chi connectivity index (χ4n) is 0.833. The average molecular weight is 202 g/mol. The third kappa shape index (κ3) is 3.38. The molecule has 0 rings (SSSR count). The Hall–Kier alpha value is -1.65. The average Bonchev–Trinajstić information content (AvgIpc) is 2.16. The van der Waals surface area contributed by atoms with E-state index in [4.69, 9.17) is 5.11 Å². The minimum atomic E-state index is -1.30. The Morgan fingerprint density at radius 3 is 2.29 bits per heavy atom. The molecule has 0 saturated carbocycles. The monoisotopic (exact) mass is 202 g/mol. The molecule has 0 aliphatic rings. The minimum absolute atomic E-state index is 0.299. The first kappa shape index (κ1) is 12.3. The predicted molar refractivity (Wildman–Crippen MR) is 44.3 cm³/mol. The van der Waals surface area contributed by atoms with Crippen LogP contribution in [0.5, 0.6) is 0 Å². The first-order valence-corrected chi connectivity index (χ1v) is 3.63. The van der Waals surface area contributed by atoms with Crippen LogP contribution in [-0.2, 0) is 23.9 Å². The van der Waals surface area contributed by atoms with Crippen LogP contribution in [0.15, 0.2) is 5.57 Å². The van der Waals surface area contributed by atoms with E-state index in [2.05, 4.69) is 9.47 Å². The molecule has 0 aromatic carbocycles. The van der Waals surface area contributed by atoms with Gasteiger partial charge in [-0.2, -0.15) is 0 Å². The van der Waals surface area contributed by atoms with Crippen LogP contribution in [0.3, 0.4) is 0 Å². The number of hydrogen-bond acceptors (Lipinski definition) is 5. The van der Waals surface area contributed by atoms with E-state index in [1.807, 2.05) is 0 Å². The molecule has 0 aromatic rings. The molecule has 14 heavy (non-hydrogen) atoms. The molecule has 6 heteroatoms. The third-order valence-electron chi connectivity index (χ3n) is 1.44. The molecule has 0 fully saturated rings. The quantitative estimate of drug-likeness (QED) is 0.473. The molecular weight excluding hydrogens is 192 g/mol. The summed E-state index contributed by atoms with van der Waals surface area (Å²) in [4.78, 5) is 31.6. The highest BCUT2D eigenvalue weighted by Gasteiger charge is 2.26. The molecular formula is C8H10O6. The molecule has 1 unspecified atom stereocenters. The molecule has 1 N–H and O–H groups in total. The van der Waals surface area contributed by atoms with Gasteiger partial charge in [-0.25, -0.2) is 9.59 Å². The molecule has 0 aromatic heterocycles. The van der Waals surface area contributed by atoms with Crippen LogP contribution < -0.4 is 0 Å². The molecule has 0 radical (unpaired) electrons. The Kier molecular flexibility index (Phi) is 5.21. The normalized spacial score (nSPS) is 11.3. The van der Waals surface area contributed by atoms with Crippen molar-refractivity contribution in [3.63, 3.8) is 0 Å². The second kappa shape index (κ2) is 5.90. The van der Waals surface area contributed by atoms with Gasteiger partial charge >= 0.3 is 11.9 Å². The first-order chi connectivity index (χ1) is 6.56. The number of carbonyl (C=O) groups excluding carboxylic acids is 2. The Morgan fingerprint density at radius 2 is 2.00 bits per heavy atom. The number of carbonyl (C=O) groups is 2. The van der Waals surface area contributed by atoms with Gasteiger partial charge in [0.2, 0.25) is 0 Å². The Balaban J connectivity index is 4.72. The predicted octanol–water partition coefficient (Wildman–Crippen LogP) is -0.593. The lowest BCUT2D eigenvalue weighted by Crippen LogP contribution is -2.28. The lowest BCUT2D eigenvalue weighted by atomic mass is 10.1. The number of carboxylic acid groups (broad SMARTS) is 1.